The summed E-state index contributed by atoms with van der Waals surface area (Å²) in [6, 6.07) is 0.419. The van der Waals surface area contributed by atoms with Crippen LogP contribution in [0.25, 0.3) is 0 Å². The minimum atomic E-state index is -0.000000000000000444. The summed E-state index contributed by atoms with van der Waals surface area (Å²) in [7, 11) is 0. The lowest BCUT2D eigenvalue weighted by Crippen LogP contribution is -2.50. The smallest absolute Gasteiger partial charge is 0.237 e. The van der Waals surface area contributed by atoms with Crippen molar-refractivity contribution in [2.45, 2.75) is 70.2 Å². The van der Waals surface area contributed by atoms with Crippen LogP contribution < -0.4 is 10.6 Å². The first-order chi connectivity index (χ1) is 8.15. The van der Waals surface area contributed by atoms with E-state index < -0.39 is 0 Å². The van der Waals surface area contributed by atoms with E-state index in [1.165, 1.54) is 0 Å². The Morgan fingerprint density at radius 3 is 2.65 bits per heavy atom. The summed E-state index contributed by atoms with van der Waals surface area (Å²) in [6.45, 7) is 5.05. The molecule has 0 aromatic rings. The SMILES string of the molecule is CC1CC(NC2CCCCNC2=O)CC(C)O1. The quantitative estimate of drug-likeness (QED) is 0.762. The zero-order valence-electron chi connectivity index (χ0n) is 10.9. The standard InChI is InChI=1S/C13H24N2O2/c1-9-7-11(8-10(2)17-9)15-12-5-3-4-6-14-13(12)16/h9-12,15H,3-8H2,1-2H3,(H,14,16). The van der Waals surface area contributed by atoms with Crippen LogP contribution in [0, 0.1) is 0 Å². The van der Waals surface area contributed by atoms with Crippen LogP contribution >= 0.6 is 0 Å². The molecule has 4 heteroatoms. The zero-order valence-corrected chi connectivity index (χ0v) is 10.9. The Balaban J connectivity index is 1.88. The van der Waals surface area contributed by atoms with E-state index in [1.54, 1.807) is 0 Å². The number of ether oxygens (including phenoxy) is 1. The lowest BCUT2D eigenvalue weighted by molar-refractivity contribution is -0.123. The van der Waals surface area contributed by atoms with Crippen LogP contribution in [0.15, 0.2) is 0 Å². The summed E-state index contributed by atoms with van der Waals surface area (Å²) in [6.07, 6.45) is 5.80. The second-order valence-electron chi connectivity index (χ2n) is 5.43. The van der Waals surface area contributed by atoms with Gasteiger partial charge in [-0.2, -0.15) is 0 Å². The Bertz CT molecular complexity index is 260. The van der Waals surface area contributed by atoms with Crippen LogP contribution in [0.2, 0.25) is 0 Å². The molecule has 2 aliphatic rings. The van der Waals surface area contributed by atoms with Gasteiger partial charge in [0.15, 0.2) is 0 Å². The molecular formula is C13H24N2O2. The monoisotopic (exact) mass is 240 g/mol. The Kier molecular flexibility index (Phi) is 4.40. The highest BCUT2D eigenvalue weighted by atomic mass is 16.5. The van der Waals surface area contributed by atoms with Gasteiger partial charge in [-0.25, -0.2) is 0 Å². The van der Waals surface area contributed by atoms with Crippen molar-refractivity contribution in [3.8, 4) is 0 Å². The van der Waals surface area contributed by atoms with Crippen molar-refractivity contribution < 1.29 is 9.53 Å². The Hall–Kier alpha value is -0.610. The first kappa shape index (κ1) is 12.8. The van der Waals surface area contributed by atoms with Gasteiger partial charge >= 0.3 is 0 Å². The van der Waals surface area contributed by atoms with Gasteiger partial charge in [0.2, 0.25) is 5.91 Å². The lowest BCUT2D eigenvalue weighted by Gasteiger charge is -2.34. The zero-order chi connectivity index (χ0) is 12.3. The third-order valence-electron chi connectivity index (χ3n) is 3.67. The molecule has 2 heterocycles. The molecule has 0 bridgehead atoms. The van der Waals surface area contributed by atoms with E-state index in [1.807, 2.05) is 0 Å². The molecule has 0 radical (unpaired) electrons. The van der Waals surface area contributed by atoms with Gasteiger partial charge in [-0.05, 0) is 46.0 Å². The average molecular weight is 240 g/mol. The van der Waals surface area contributed by atoms with Crippen molar-refractivity contribution in [1.29, 1.82) is 0 Å². The summed E-state index contributed by atoms with van der Waals surface area (Å²) < 4.78 is 5.72. The molecule has 0 saturated carbocycles. The summed E-state index contributed by atoms with van der Waals surface area (Å²) >= 11 is 0. The molecule has 0 aromatic carbocycles. The summed E-state index contributed by atoms with van der Waals surface area (Å²) in [5.74, 6) is 0.175. The topological polar surface area (TPSA) is 50.4 Å². The molecule has 2 N–H and O–H groups in total. The Labute approximate surface area is 103 Å². The van der Waals surface area contributed by atoms with Gasteiger partial charge in [-0.1, -0.05) is 0 Å². The first-order valence-electron chi connectivity index (χ1n) is 6.84. The van der Waals surface area contributed by atoms with Gasteiger partial charge in [-0.3, -0.25) is 4.79 Å². The molecule has 2 aliphatic heterocycles. The number of hydrogen-bond donors (Lipinski definition) is 2. The van der Waals surface area contributed by atoms with E-state index in [-0.39, 0.29) is 11.9 Å². The maximum absolute atomic E-state index is 11.8. The van der Waals surface area contributed by atoms with E-state index >= 15 is 0 Å². The number of nitrogens with one attached hydrogen (secondary N) is 2. The number of rotatable bonds is 2. The maximum atomic E-state index is 11.8. The molecule has 2 fully saturated rings. The molecule has 3 unspecified atom stereocenters. The molecule has 0 aromatic heterocycles. The fourth-order valence-corrected chi connectivity index (χ4v) is 2.92. The molecule has 2 rings (SSSR count). The molecule has 2 saturated heterocycles. The predicted octanol–water partition coefficient (Wildman–Crippen LogP) is 1.20. The van der Waals surface area contributed by atoms with Crippen LogP contribution in [-0.2, 0) is 9.53 Å². The van der Waals surface area contributed by atoms with Crippen molar-refractivity contribution in [3.05, 3.63) is 0 Å². The number of hydrogen-bond acceptors (Lipinski definition) is 3. The molecule has 4 nitrogen and oxygen atoms in total. The summed E-state index contributed by atoms with van der Waals surface area (Å²) in [5.41, 5.74) is 0. The van der Waals surface area contributed by atoms with Crippen molar-refractivity contribution in [1.82, 2.24) is 10.6 Å². The predicted molar refractivity (Wildman–Crippen MR) is 66.8 cm³/mol. The van der Waals surface area contributed by atoms with Crippen molar-refractivity contribution in [3.63, 3.8) is 0 Å². The fourth-order valence-electron chi connectivity index (χ4n) is 2.92. The molecule has 98 valence electrons. The first-order valence-corrected chi connectivity index (χ1v) is 6.84. The third kappa shape index (κ3) is 3.68. The van der Waals surface area contributed by atoms with Crippen LogP contribution in [-0.4, -0.2) is 36.7 Å². The van der Waals surface area contributed by atoms with E-state index in [2.05, 4.69) is 24.5 Å². The fraction of sp³-hybridized carbons (Fsp3) is 0.923. The Morgan fingerprint density at radius 2 is 1.94 bits per heavy atom. The van der Waals surface area contributed by atoms with E-state index in [9.17, 15) is 4.79 Å². The number of carbonyl (C=O) groups excluding carboxylic acids is 1. The van der Waals surface area contributed by atoms with E-state index in [4.69, 9.17) is 4.74 Å². The van der Waals surface area contributed by atoms with Gasteiger partial charge in [0, 0.05) is 12.6 Å². The number of carbonyl (C=O) groups is 1. The summed E-state index contributed by atoms with van der Waals surface area (Å²) in [5, 5.41) is 6.49. The minimum absolute atomic E-state index is 0.000000000000000444. The molecule has 1 amide bonds. The third-order valence-corrected chi connectivity index (χ3v) is 3.67. The molecule has 3 atom stereocenters. The van der Waals surface area contributed by atoms with Gasteiger partial charge in [0.25, 0.3) is 0 Å². The molecule has 0 aliphatic carbocycles. The highest BCUT2D eigenvalue weighted by molar-refractivity contribution is 5.81. The normalized spacial score (nSPS) is 39.5. The molecule has 0 spiro atoms. The van der Waals surface area contributed by atoms with Crippen LogP contribution in [0.5, 0.6) is 0 Å². The van der Waals surface area contributed by atoms with E-state index in [0.29, 0.717) is 18.2 Å². The Morgan fingerprint density at radius 1 is 1.24 bits per heavy atom. The second-order valence-corrected chi connectivity index (χ2v) is 5.43. The van der Waals surface area contributed by atoms with Crippen molar-refractivity contribution >= 4 is 5.91 Å². The van der Waals surface area contributed by atoms with Gasteiger partial charge in [0.1, 0.15) is 0 Å². The number of amides is 1. The largest absolute Gasteiger partial charge is 0.375 e. The lowest BCUT2D eigenvalue weighted by atomic mass is 9.98. The molecular weight excluding hydrogens is 216 g/mol. The van der Waals surface area contributed by atoms with Crippen molar-refractivity contribution in [2.75, 3.05) is 6.54 Å². The van der Waals surface area contributed by atoms with Crippen LogP contribution in [0.3, 0.4) is 0 Å². The highest BCUT2D eigenvalue weighted by Crippen LogP contribution is 2.20. The maximum Gasteiger partial charge on any atom is 0.237 e. The van der Waals surface area contributed by atoms with Gasteiger partial charge in [-0.15, -0.1) is 0 Å². The van der Waals surface area contributed by atoms with Crippen LogP contribution in [0.1, 0.15) is 46.0 Å². The van der Waals surface area contributed by atoms with Gasteiger partial charge in [0.05, 0.1) is 18.2 Å². The highest BCUT2D eigenvalue weighted by Gasteiger charge is 2.29. The van der Waals surface area contributed by atoms with Crippen molar-refractivity contribution in [2.24, 2.45) is 0 Å². The molecule has 17 heavy (non-hydrogen) atoms. The van der Waals surface area contributed by atoms with E-state index in [0.717, 1.165) is 38.6 Å². The average Bonchev–Trinajstić information content (AvgIpc) is 2.43. The second kappa shape index (κ2) is 5.83. The summed E-state index contributed by atoms with van der Waals surface area (Å²) in [4.78, 5) is 11.8. The van der Waals surface area contributed by atoms with Gasteiger partial charge < -0.3 is 15.4 Å². The van der Waals surface area contributed by atoms with Crippen LogP contribution in [0.4, 0.5) is 0 Å². The minimum Gasteiger partial charge on any atom is -0.375 e.